The first-order valence-corrected chi connectivity index (χ1v) is 4.71. The minimum atomic E-state index is -1.10. The number of carboxylic acids is 1. The van der Waals surface area contributed by atoms with Gasteiger partial charge in [0.1, 0.15) is 0 Å². The van der Waals surface area contributed by atoms with E-state index in [1.54, 1.807) is 0 Å². The number of thioether (sulfide) groups is 1. The minimum absolute atomic E-state index is 0. The van der Waals surface area contributed by atoms with Crippen molar-refractivity contribution in [1.82, 2.24) is 9.97 Å². The molecule has 0 spiro atoms. The molecule has 6 heteroatoms. The molecular weight excluding hydrogens is 227 g/mol. The second-order valence-corrected chi connectivity index (χ2v) is 3.54. The summed E-state index contributed by atoms with van der Waals surface area (Å²) in [6.07, 6.45) is 0. The van der Waals surface area contributed by atoms with Crippen LogP contribution in [0.4, 0.5) is 0 Å². The number of aliphatic carboxylic acids is 1. The van der Waals surface area contributed by atoms with E-state index in [-0.39, 0.29) is 57.1 Å². The van der Waals surface area contributed by atoms with Gasteiger partial charge in [-0.15, -0.1) is 0 Å². The van der Waals surface area contributed by atoms with E-state index in [4.69, 9.17) is 0 Å². The third kappa shape index (κ3) is 5.43. The van der Waals surface area contributed by atoms with Gasteiger partial charge >= 0.3 is 51.4 Å². The first-order chi connectivity index (χ1) is 6.08. The van der Waals surface area contributed by atoms with E-state index in [0.29, 0.717) is 5.16 Å². The molecule has 0 radical (unpaired) electrons. The zero-order chi connectivity index (χ0) is 9.84. The maximum absolute atomic E-state index is 10.2. The molecule has 0 atom stereocenters. The summed E-state index contributed by atoms with van der Waals surface area (Å²) >= 11 is 1.07. The Kier molecular flexibility index (Phi) is 7.18. The van der Waals surface area contributed by atoms with Crippen molar-refractivity contribution < 1.29 is 61.3 Å². The molecule has 0 unspecified atom stereocenters. The Balaban J connectivity index is 0.00000169. The second-order valence-electron chi connectivity index (χ2n) is 2.59. The summed E-state index contributed by atoms with van der Waals surface area (Å²) in [5.41, 5.74) is 1.68. The summed E-state index contributed by atoms with van der Waals surface area (Å²) in [6, 6.07) is 1.84. The number of hydrogen-bond acceptors (Lipinski definition) is 5. The van der Waals surface area contributed by atoms with Gasteiger partial charge in [-0.05, 0) is 19.9 Å². The van der Waals surface area contributed by atoms with E-state index in [0.717, 1.165) is 23.1 Å². The first kappa shape index (κ1) is 14.5. The van der Waals surface area contributed by atoms with Crippen LogP contribution in [0.2, 0.25) is 0 Å². The molecule has 1 rings (SSSR count). The topological polar surface area (TPSA) is 65.9 Å². The smallest absolute Gasteiger partial charge is 0.549 e. The molecule has 1 aromatic rings. The largest absolute Gasteiger partial charge is 1.00 e. The van der Waals surface area contributed by atoms with Gasteiger partial charge in [0.05, 0.1) is 5.97 Å². The van der Waals surface area contributed by atoms with Gasteiger partial charge < -0.3 is 9.90 Å². The van der Waals surface area contributed by atoms with Crippen molar-refractivity contribution in [2.45, 2.75) is 19.0 Å². The van der Waals surface area contributed by atoms with Crippen LogP contribution in [0, 0.1) is 13.8 Å². The molecule has 0 saturated carbocycles. The maximum atomic E-state index is 10.2. The summed E-state index contributed by atoms with van der Waals surface area (Å²) in [5, 5.41) is 10.6. The Bertz CT molecular complexity index is 313. The van der Waals surface area contributed by atoms with Crippen molar-refractivity contribution in [3.05, 3.63) is 17.5 Å². The normalized spacial score (nSPS) is 9.29. The molecule has 4 nitrogen and oxygen atoms in total. The number of rotatable bonds is 3. The van der Waals surface area contributed by atoms with Gasteiger partial charge in [-0.2, -0.15) is 0 Å². The molecule has 0 aliphatic rings. The fraction of sp³-hybridized carbons (Fsp3) is 0.375. The van der Waals surface area contributed by atoms with E-state index < -0.39 is 5.97 Å². The summed E-state index contributed by atoms with van der Waals surface area (Å²) in [6.45, 7) is 3.69. The zero-order valence-electron chi connectivity index (χ0n) is 8.40. The monoisotopic (exact) mass is 236 g/mol. The maximum Gasteiger partial charge on any atom is 1.00 e. The molecule has 0 amide bonds. The molecule has 0 N–H and O–H groups in total. The van der Waals surface area contributed by atoms with Crippen LogP contribution in [-0.2, 0) is 4.79 Å². The van der Waals surface area contributed by atoms with Crippen molar-refractivity contribution in [1.29, 1.82) is 0 Å². The molecule has 0 bridgehead atoms. The van der Waals surface area contributed by atoms with Crippen molar-refractivity contribution in [3.63, 3.8) is 0 Å². The van der Waals surface area contributed by atoms with Crippen LogP contribution in [0.5, 0.6) is 0 Å². The minimum Gasteiger partial charge on any atom is -0.549 e. The van der Waals surface area contributed by atoms with Gasteiger partial charge in [0.25, 0.3) is 0 Å². The Morgan fingerprint density at radius 2 is 1.93 bits per heavy atom. The predicted octanol–water partition coefficient (Wildman–Crippen LogP) is -3.06. The number of carbonyl (C=O) groups excluding carboxylic acids is 1. The summed E-state index contributed by atoms with van der Waals surface area (Å²) in [7, 11) is 0. The molecule has 0 aromatic carbocycles. The van der Waals surface area contributed by atoms with Gasteiger partial charge in [0, 0.05) is 17.1 Å². The van der Waals surface area contributed by atoms with Crippen LogP contribution < -0.4 is 56.5 Å². The average molecular weight is 236 g/mol. The molecular formula is C8H9KN2O2S. The van der Waals surface area contributed by atoms with Crippen molar-refractivity contribution in [2.75, 3.05) is 5.75 Å². The average Bonchev–Trinajstić information content (AvgIpc) is 1.99. The standard InChI is InChI=1S/C8H10N2O2S.K/c1-5-3-6(2)10-8(9-5)13-4-7(11)12;/h3H,4H2,1-2H3,(H,11,12);/q;+1/p-1. The molecule has 0 saturated heterocycles. The fourth-order valence-corrected chi connectivity index (χ4v) is 1.55. The van der Waals surface area contributed by atoms with Gasteiger partial charge in [0.15, 0.2) is 5.16 Å². The van der Waals surface area contributed by atoms with Gasteiger partial charge in [-0.25, -0.2) is 9.97 Å². The van der Waals surface area contributed by atoms with Crippen LogP contribution >= 0.6 is 11.8 Å². The van der Waals surface area contributed by atoms with Crippen molar-refractivity contribution in [3.8, 4) is 0 Å². The van der Waals surface area contributed by atoms with E-state index in [1.807, 2.05) is 19.9 Å². The van der Waals surface area contributed by atoms with Crippen LogP contribution in [0.25, 0.3) is 0 Å². The number of aromatic nitrogens is 2. The van der Waals surface area contributed by atoms with Crippen LogP contribution in [0.3, 0.4) is 0 Å². The summed E-state index contributed by atoms with van der Waals surface area (Å²) in [5.74, 6) is -1.21. The van der Waals surface area contributed by atoms with E-state index in [9.17, 15) is 9.90 Å². The van der Waals surface area contributed by atoms with Crippen LogP contribution in [-0.4, -0.2) is 21.7 Å². The number of nitrogens with zero attached hydrogens (tertiary/aromatic N) is 2. The quantitative estimate of drug-likeness (QED) is 0.317. The zero-order valence-corrected chi connectivity index (χ0v) is 12.3. The van der Waals surface area contributed by atoms with E-state index >= 15 is 0 Å². The number of carboxylic acid groups (broad SMARTS) is 1. The molecule has 1 heterocycles. The summed E-state index contributed by atoms with van der Waals surface area (Å²) < 4.78 is 0. The summed E-state index contributed by atoms with van der Waals surface area (Å²) in [4.78, 5) is 18.3. The fourth-order valence-electron chi connectivity index (χ4n) is 0.882. The number of carbonyl (C=O) groups is 1. The first-order valence-electron chi connectivity index (χ1n) is 3.73. The molecule has 14 heavy (non-hydrogen) atoms. The molecule has 0 aliphatic carbocycles. The molecule has 1 aromatic heterocycles. The van der Waals surface area contributed by atoms with Gasteiger partial charge in [-0.1, -0.05) is 11.8 Å². The Morgan fingerprint density at radius 3 is 2.36 bits per heavy atom. The Labute approximate surface area is 129 Å². The SMILES string of the molecule is Cc1cc(C)nc(SCC(=O)[O-])n1.[K+]. The van der Waals surface area contributed by atoms with Crippen LogP contribution in [0.1, 0.15) is 11.4 Å². The molecule has 0 aliphatic heterocycles. The Hall–Kier alpha value is 0.536. The van der Waals surface area contributed by atoms with Gasteiger partial charge in [-0.3, -0.25) is 0 Å². The van der Waals surface area contributed by atoms with Crippen molar-refractivity contribution >= 4 is 17.7 Å². The second kappa shape index (κ2) is 6.92. The van der Waals surface area contributed by atoms with Crippen LogP contribution in [0.15, 0.2) is 11.2 Å². The van der Waals surface area contributed by atoms with E-state index in [1.165, 1.54) is 0 Å². The third-order valence-corrected chi connectivity index (χ3v) is 2.10. The van der Waals surface area contributed by atoms with Crippen molar-refractivity contribution in [2.24, 2.45) is 0 Å². The molecule has 70 valence electrons. The van der Waals surface area contributed by atoms with Gasteiger partial charge in [0.2, 0.25) is 0 Å². The third-order valence-electron chi connectivity index (χ3n) is 1.28. The molecule has 0 fully saturated rings. The Morgan fingerprint density at radius 1 is 1.43 bits per heavy atom. The predicted molar refractivity (Wildman–Crippen MR) is 47.2 cm³/mol. The number of hydrogen-bond donors (Lipinski definition) is 0. The van der Waals surface area contributed by atoms with E-state index in [2.05, 4.69) is 9.97 Å². The number of aryl methyl sites for hydroxylation is 2.